The lowest BCUT2D eigenvalue weighted by molar-refractivity contribution is -0.144. The Morgan fingerprint density at radius 2 is 1.74 bits per heavy atom. The van der Waals surface area contributed by atoms with E-state index in [1.807, 2.05) is 6.92 Å². The molecule has 182 valence electrons. The molecule has 3 aromatic rings. The molecule has 2 aromatic heterocycles. The van der Waals surface area contributed by atoms with Crippen molar-refractivity contribution in [1.29, 1.82) is 0 Å². The first-order valence-corrected chi connectivity index (χ1v) is 10.3. The Bertz CT molecular complexity index is 1190. The maximum Gasteiger partial charge on any atom is 0.453 e. The number of halogens is 3. The first kappa shape index (κ1) is 24.7. The van der Waals surface area contributed by atoms with Gasteiger partial charge in [0.05, 0.1) is 13.0 Å². The molecule has 0 aliphatic rings. The molecule has 3 rings (SSSR count). The third kappa shape index (κ3) is 5.71. The van der Waals surface area contributed by atoms with E-state index in [2.05, 4.69) is 25.9 Å². The second-order valence-corrected chi connectivity index (χ2v) is 7.28. The van der Waals surface area contributed by atoms with Gasteiger partial charge in [0.1, 0.15) is 11.5 Å². The highest BCUT2D eigenvalue weighted by molar-refractivity contribution is 5.85. The number of fused-ring (bicyclic) bond motifs is 1. The van der Waals surface area contributed by atoms with Crippen LogP contribution in [0.2, 0.25) is 0 Å². The summed E-state index contributed by atoms with van der Waals surface area (Å²) < 4.78 is 50.5. The summed E-state index contributed by atoms with van der Waals surface area (Å²) in [7, 11) is 0. The number of carbonyl (C=O) groups excluding carboxylic acids is 2. The summed E-state index contributed by atoms with van der Waals surface area (Å²) >= 11 is 0. The van der Waals surface area contributed by atoms with E-state index in [1.165, 1.54) is 13.8 Å². The molecule has 2 N–H and O–H groups in total. The van der Waals surface area contributed by atoms with Crippen LogP contribution in [0.15, 0.2) is 24.3 Å². The molecule has 1 unspecified atom stereocenters. The van der Waals surface area contributed by atoms with Crippen LogP contribution in [-0.2, 0) is 22.2 Å². The number of ether oxygens (including phenoxy) is 2. The van der Waals surface area contributed by atoms with Gasteiger partial charge in [0, 0.05) is 17.0 Å². The summed E-state index contributed by atoms with van der Waals surface area (Å²) in [6.45, 7) is 6.94. The minimum absolute atomic E-state index is 0.222. The van der Waals surface area contributed by atoms with Crippen LogP contribution in [0.3, 0.4) is 0 Å². The van der Waals surface area contributed by atoms with Crippen molar-refractivity contribution in [3.8, 4) is 11.5 Å². The Hall–Kier alpha value is -3.90. The predicted molar refractivity (Wildman–Crippen MR) is 113 cm³/mol. The van der Waals surface area contributed by atoms with Gasteiger partial charge < -0.3 is 9.47 Å². The Morgan fingerprint density at radius 3 is 2.35 bits per heavy atom. The number of nitrogens with zero attached hydrogens (tertiary/aromatic N) is 4. The zero-order valence-corrected chi connectivity index (χ0v) is 18.9. The summed E-state index contributed by atoms with van der Waals surface area (Å²) in [4.78, 5) is 32.0. The maximum atomic E-state index is 12.9. The fourth-order valence-corrected chi connectivity index (χ4v) is 3.06. The van der Waals surface area contributed by atoms with E-state index in [9.17, 15) is 22.8 Å². The maximum absolute atomic E-state index is 12.9. The van der Waals surface area contributed by atoms with Gasteiger partial charge >= 0.3 is 6.18 Å². The number of benzene rings is 1. The summed E-state index contributed by atoms with van der Waals surface area (Å²) in [5.41, 5.74) is 5.48. The molecule has 0 saturated heterocycles. The van der Waals surface area contributed by atoms with Gasteiger partial charge in [0.25, 0.3) is 17.5 Å². The van der Waals surface area contributed by atoms with Crippen molar-refractivity contribution in [2.75, 3.05) is 6.61 Å². The first-order valence-electron chi connectivity index (χ1n) is 10.3. The van der Waals surface area contributed by atoms with E-state index in [0.717, 1.165) is 4.52 Å². The number of aromatic nitrogens is 4. The van der Waals surface area contributed by atoms with Gasteiger partial charge in [-0.25, -0.2) is 9.50 Å². The number of hydrogen-bond donors (Lipinski definition) is 2. The van der Waals surface area contributed by atoms with Gasteiger partial charge in [0.15, 0.2) is 6.10 Å². The largest absolute Gasteiger partial charge is 0.494 e. The number of rotatable bonds is 7. The molecule has 0 bridgehead atoms. The highest BCUT2D eigenvalue weighted by Crippen LogP contribution is 2.27. The van der Waals surface area contributed by atoms with Crippen molar-refractivity contribution >= 4 is 17.6 Å². The molecule has 34 heavy (non-hydrogen) atoms. The molecule has 2 heterocycles. The molecule has 2 amide bonds. The van der Waals surface area contributed by atoms with E-state index in [0.29, 0.717) is 29.4 Å². The van der Waals surface area contributed by atoms with E-state index >= 15 is 0 Å². The molecule has 0 spiro atoms. The van der Waals surface area contributed by atoms with E-state index in [4.69, 9.17) is 9.47 Å². The molecular weight excluding hydrogens is 457 g/mol. The lowest BCUT2D eigenvalue weighted by atomic mass is 10.1. The van der Waals surface area contributed by atoms with Crippen LogP contribution in [0.5, 0.6) is 11.5 Å². The monoisotopic (exact) mass is 480 g/mol. The smallest absolute Gasteiger partial charge is 0.453 e. The van der Waals surface area contributed by atoms with Crippen molar-refractivity contribution in [2.24, 2.45) is 0 Å². The number of hydrazine groups is 1. The van der Waals surface area contributed by atoms with Crippen LogP contribution >= 0.6 is 0 Å². The Labute approximate surface area is 192 Å². The van der Waals surface area contributed by atoms with Crippen LogP contribution in [0.1, 0.15) is 36.6 Å². The highest BCUT2D eigenvalue weighted by atomic mass is 19.4. The fourth-order valence-electron chi connectivity index (χ4n) is 3.06. The quantitative estimate of drug-likeness (QED) is 0.498. The molecule has 0 aliphatic heterocycles. The number of hydrogen-bond acceptors (Lipinski definition) is 7. The van der Waals surface area contributed by atoms with Crippen LogP contribution < -0.4 is 20.3 Å². The van der Waals surface area contributed by atoms with Crippen molar-refractivity contribution in [1.82, 2.24) is 30.4 Å². The Morgan fingerprint density at radius 1 is 1.09 bits per heavy atom. The standard InChI is InChI=1S/C21H23F3N6O4/c1-5-33-14-6-8-15(9-7-14)34-13(4)18(32)28-27-17(31)10-16-11(2)25-20-26-19(21(22,23)24)29-30(20)12(16)3/h6-9,13H,5,10H2,1-4H3,(H,27,31)(H,28,32). The molecule has 1 atom stereocenters. The summed E-state index contributed by atoms with van der Waals surface area (Å²) in [5, 5.41) is 3.44. The van der Waals surface area contributed by atoms with Gasteiger partial charge in [-0.1, -0.05) is 0 Å². The number of nitrogens with one attached hydrogen (secondary N) is 2. The van der Waals surface area contributed by atoms with Crippen LogP contribution in [0.25, 0.3) is 5.78 Å². The lowest BCUT2D eigenvalue weighted by Gasteiger charge is -2.16. The van der Waals surface area contributed by atoms with Crippen molar-refractivity contribution in [3.63, 3.8) is 0 Å². The number of carbonyl (C=O) groups is 2. The van der Waals surface area contributed by atoms with Gasteiger partial charge in [-0.3, -0.25) is 20.4 Å². The van der Waals surface area contributed by atoms with Crippen molar-refractivity contribution in [2.45, 2.75) is 46.4 Å². The minimum Gasteiger partial charge on any atom is -0.494 e. The van der Waals surface area contributed by atoms with Gasteiger partial charge in [-0.15, -0.1) is 5.10 Å². The van der Waals surface area contributed by atoms with Gasteiger partial charge in [-0.2, -0.15) is 18.2 Å². The van der Waals surface area contributed by atoms with Crippen LogP contribution in [0, 0.1) is 13.8 Å². The fraction of sp³-hybridized carbons (Fsp3) is 0.381. The zero-order chi connectivity index (χ0) is 25.0. The molecule has 0 aliphatic carbocycles. The number of aryl methyl sites for hydroxylation is 2. The minimum atomic E-state index is -4.72. The third-order valence-electron chi connectivity index (χ3n) is 4.78. The first-order chi connectivity index (χ1) is 16.0. The van der Waals surface area contributed by atoms with Gasteiger partial charge in [-0.05, 0) is 52.0 Å². The van der Waals surface area contributed by atoms with Crippen LogP contribution in [-0.4, -0.2) is 44.1 Å². The molecule has 10 nitrogen and oxygen atoms in total. The van der Waals surface area contributed by atoms with E-state index < -0.39 is 29.9 Å². The lowest BCUT2D eigenvalue weighted by Crippen LogP contribution is -2.47. The van der Waals surface area contributed by atoms with E-state index in [1.54, 1.807) is 31.2 Å². The molecule has 0 saturated carbocycles. The van der Waals surface area contributed by atoms with Crippen molar-refractivity contribution < 1.29 is 32.2 Å². The Balaban J connectivity index is 1.60. The summed E-state index contributed by atoms with van der Waals surface area (Å²) in [6, 6.07) is 6.70. The third-order valence-corrected chi connectivity index (χ3v) is 4.78. The van der Waals surface area contributed by atoms with Crippen LogP contribution in [0.4, 0.5) is 13.2 Å². The SMILES string of the molecule is CCOc1ccc(OC(C)C(=O)NNC(=O)Cc2c(C)nc3nc(C(F)(F)F)nn3c2C)cc1. The highest BCUT2D eigenvalue weighted by Gasteiger charge is 2.37. The zero-order valence-electron chi connectivity index (χ0n) is 18.9. The second kappa shape index (κ2) is 9.93. The summed E-state index contributed by atoms with van der Waals surface area (Å²) in [6.07, 6.45) is -5.90. The second-order valence-electron chi connectivity index (χ2n) is 7.28. The predicted octanol–water partition coefficient (Wildman–Crippen LogP) is 2.32. The number of amides is 2. The van der Waals surface area contributed by atoms with E-state index in [-0.39, 0.29) is 17.9 Å². The van der Waals surface area contributed by atoms with Crippen molar-refractivity contribution in [3.05, 3.63) is 47.0 Å². The molecule has 0 fully saturated rings. The molecule has 0 radical (unpaired) electrons. The average Bonchev–Trinajstić information content (AvgIpc) is 3.21. The molecular formula is C21H23F3N6O4. The normalized spacial score (nSPS) is 12.3. The van der Waals surface area contributed by atoms with Gasteiger partial charge in [0.2, 0.25) is 5.91 Å². The summed E-state index contributed by atoms with van der Waals surface area (Å²) in [5.74, 6) is -1.65. The topological polar surface area (TPSA) is 120 Å². The number of alkyl halides is 3. The molecule has 1 aromatic carbocycles. The average molecular weight is 480 g/mol. The Kier molecular flexibility index (Phi) is 7.23. The molecule has 13 heteroatoms.